The maximum absolute atomic E-state index is 12.5. The monoisotopic (exact) mass is 324 g/mol. The topological polar surface area (TPSA) is 66.5 Å². The van der Waals surface area contributed by atoms with Crippen molar-refractivity contribution in [3.8, 4) is 0 Å². The smallest absolute Gasteiger partial charge is 0.243 e. The predicted octanol–water partition coefficient (Wildman–Crippen LogP) is 2.00. The maximum atomic E-state index is 12.5. The van der Waals surface area contributed by atoms with E-state index in [9.17, 15) is 13.2 Å². The third-order valence-corrected chi connectivity index (χ3v) is 5.62. The van der Waals surface area contributed by atoms with E-state index in [0.29, 0.717) is 30.8 Å². The van der Waals surface area contributed by atoms with Gasteiger partial charge in [-0.25, -0.2) is 8.42 Å². The van der Waals surface area contributed by atoms with E-state index in [1.807, 2.05) is 20.8 Å². The molecule has 0 spiro atoms. The van der Waals surface area contributed by atoms with E-state index in [1.54, 1.807) is 30.3 Å². The lowest BCUT2D eigenvalue weighted by molar-refractivity contribution is -0.127. The largest absolute Gasteiger partial charge is 0.351 e. The zero-order chi connectivity index (χ0) is 16.4. The Morgan fingerprint density at radius 1 is 1.14 bits per heavy atom. The van der Waals surface area contributed by atoms with E-state index in [4.69, 9.17) is 0 Å². The Balaban J connectivity index is 1.99. The van der Waals surface area contributed by atoms with E-state index in [0.717, 1.165) is 0 Å². The van der Waals surface area contributed by atoms with Crippen LogP contribution in [0.2, 0.25) is 0 Å². The maximum Gasteiger partial charge on any atom is 0.243 e. The Morgan fingerprint density at radius 2 is 1.68 bits per heavy atom. The van der Waals surface area contributed by atoms with E-state index >= 15 is 0 Å². The summed E-state index contributed by atoms with van der Waals surface area (Å²) in [6.07, 6.45) is 1.13. The Bertz CT molecular complexity index is 613. The summed E-state index contributed by atoms with van der Waals surface area (Å²) in [5.74, 6) is -0.0919. The highest BCUT2D eigenvalue weighted by atomic mass is 32.2. The van der Waals surface area contributed by atoms with Crippen molar-refractivity contribution in [1.29, 1.82) is 0 Å². The number of carbonyl (C=O) groups excluding carboxylic acids is 1. The van der Waals surface area contributed by atoms with Gasteiger partial charge in [-0.05, 0) is 45.7 Å². The first-order valence-electron chi connectivity index (χ1n) is 7.57. The number of nitrogens with one attached hydrogen (secondary N) is 1. The fourth-order valence-electron chi connectivity index (χ4n) is 2.57. The molecule has 1 heterocycles. The molecule has 1 aliphatic rings. The van der Waals surface area contributed by atoms with E-state index in [2.05, 4.69) is 5.32 Å². The number of hydrogen-bond acceptors (Lipinski definition) is 3. The highest BCUT2D eigenvalue weighted by Crippen LogP contribution is 2.24. The first kappa shape index (κ1) is 17.0. The second-order valence-electron chi connectivity index (χ2n) is 6.73. The van der Waals surface area contributed by atoms with Crippen LogP contribution in [0.1, 0.15) is 33.6 Å². The minimum Gasteiger partial charge on any atom is -0.351 e. The molecule has 122 valence electrons. The van der Waals surface area contributed by atoms with Crippen molar-refractivity contribution < 1.29 is 13.2 Å². The van der Waals surface area contributed by atoms with Crippen LogP contribution >= 0.6 is 0 Å². The van der Waals surface area contributed by atoms with Crippen LogP contribution in [-0.2, 0) is 14.8 Å². The molecular formula is C16H24N2O3S. The molecule has 1 N–H and O–H groups in total. The van der Waals surface area contributed by atoms with Gasteiger partial charge in [-0.2, -0.15) is 4.31 Å². The van der Waals surface area contributed by atoms with Gasteiger partial charge in [0.05, 0.1) is 4.90 Å². The third kappa shape index (κ3) is 4.08. The van der Waals surface area contributed by atoms with Crippen molar-refractivity contribution >= 4 is 15.9 Å². The van der Waals surface area contributed by atoms with Crippen LogP contribution in [-0.4, -0.2) is 37.3 Å². The van der Waals surface area contributed by atoms with Crippen LogP contribution < -0.4 is 5.32 Å². The minimum atomic E-state index is -3.44. The normalized spacial score (nSPS) is 18.1. The fourth-order valence-corrected chi connectivity index (χ4v) is 4.06. The number of rotatable bonds is 3. The lowest BCUT2D eigenvalue weighted by atomic mass is 9.96. The average Bonchev–Trinajstić information content (AvgIpc) is 2.46. The molecule has 0 aliphatic carbocycles. The summed E-state index contributed by atoms with van der Waals surface area (Å²) in [5.41, 5.74) is -0.260. The molecule has 0 bridgehead atoms. The summed E-state index contributed by atoms with van der Waals surface area (Å²) in [7, 11) is -3.44. The molecule has 0 aromatic heterocycles. The number of sulfonamides is 1. The lowest BCUT2D eigenvalue weighted by Gasteiger charge is -2.32. The van der Waals surface area contributed by atoms with Crippen molar-refractivity contribution in [3.63, 3.8) is 0 Å². The summed E-state index contributed by atoms with van der Waals surface area (Å²) in [5, 5.41) is 2.97. The summed E-state index contributed by atoms with van der Waals surface area (Å²) >= 11 is 0. The van der Waals surface area contributed by atoms with Crippen molar-refractivity contribution in [1.82, 2.24) is 9.62 Å². The van der Waals surface area contributed by atoms with Crippen molar-refractivity contribution in [2.75, 3.05) is 13.1 Å². The number of benzene rings is 1. The number of piperidine rings is 1. The molecule has 0 radical (unpaired) electrons. The third-order valence-electron chi connectivity index (χ3n) is 3.70. The van der Waals surface area contributed by atoms with Crippen LogP contribution in [0.5, 0.6) is 0 Å². The first-order chi connectivity index (χ1) is 10.2. The lowest BCUT2D eigenvalue weighted by Crippen LogP contribution is -2.47. The fraction of sp³-hybridized carbons (Fsp3) is 0.562. The van der Waals surface area contributed by atoms with Crippen molar-refractivity contribution in [2.45, 2.75) is 44.0 Å². The Hall–Kier alpha value is -1.40. The highest BCUT2D eigenvalue weighted by molar-refractivity contribution is 7.89. The quantitative estimate of drug-likeness (QED) is 0.925. The van der Waals surface area contributed by atoms with Gasteiger partial charge >= 0.3 is 0 Å². The van der Waals surface area contributed by atoms with Crippen LogP contribution in [0.15, 0.2) is 35.2 Å². The van der Waals surface area contributed by atoms with Gasteiger partial charge in [0.1, 0.15) is 0 Å². The van der Waals surface area contributed by atoms with Gasteiger partial charge in [0.25, 0.3) is 0 Å². The summed E-state index contributed by atoms with van der Waals surface area (Å²) in [6, 6.07) is 8.44. The van der Waals surface area contributed by atoms with Gasteiger partial charge in [0.2, 0.25) is 15.9 Å². The first-order valence-corrected chi connectivity index (χ1v) is 9.01. The molecule has 5 nitrogen and oxygen atoms in total. The molecule has 0 atom stereocenters. The molecule has 6 heteroatoms. The molecule has 1 aromatic rings. The minimum absolute atomic E-state index is 0.0178. The number of amides is 1. The van der Waals surface area contributed by atoms with E-state index in [-0.39, 0.29) is 17.4 Å². The van der Waals surface area contributed by atoms with Gasteiger partial charge in [0.15, 0.2) is 0 Å². The molecule has 2 rings (SSSR count). The Labute approximate surface area is 132 Å². The van der Waals surface area contributed by atoms with Gasteiger partial charge in [-0.1, -0.05) is 18.2 Å². The summed E-state index contributed by atoms with van der Waals surface area (Å²) in [6.45, 7) is 6.61. The Morgan fingerprint density at radius 3 is 2.18 bits per heavy atom. The van der Waals surface area contributed by atoms with E-state index in [1.165, 1.54) is 4.31 Å². The molecule has 1 fully saturated rings. The number of carbonyl (C=O) groups is 1. The molecular weight excluding hydrogens is 300 g/mol. The second-order valence-corrected chi connectivity index (χ2v) is 8.67. The second kappa shape index (κ2) is 6.38. The SMILES string of the molecule is CC(C)(C)NC(=O)C1CCN(S(=O)(=O)c2ccccc2)CC1. The predicted molar refractivity (Wildman–Crippen MR) is 85.8 cm³/mol. The van der Waals surface area contributed by atoms with Crippen LogP contribution in [0.4, 0.5) is 0 Å². The van der Waals surface area contributed by atoms with Crippen molar-refractivity contribution in [3.05, 3.63) is 30.3 Å². The molecule has 1 saturated heterocycles. The molecule has 0 unspecified atom stereocenters. The average molecular weight is 324 g/mol. The molecule has 1 amide bonds. The van der Waals surface area contributed by atoms with Crippen LogP contribution in [0.3, 0.4) is 0 Å². The van der Waals surface area contributed by atoms with Gasteiger partial charge < -0.3 is 5.32 Å². The van der Waals surface area contributed by atoms with Crippen LogP contribution in [0, 0.1) is 5.92 Å². The molecule has 1 aliphatic heterocycles. The molecule has 1 aromatic carbocycles. The standard InChI is InChI=1S/C16H24N2O3S/c1-16(2,3)17-15(19)13-9-11-18(12-10-13)22(20,21)14-7-5-4-6-8-14/h4-8,13H,9-12H2,1-3H3,(H,17,19). The zero-order valence-electron chi connectivity index (χ0n) is 13.4. The molecule has 22 heavy (non-hydrogen) atoms. The van der Waals surface area contributed by atoms with Crippen molar-refractivity contribution in [2.24, 2.45) is 5.92 Å². The number of nitrogens with zero attached hydrogens (tertiary/aromatic N) is 1. The van der Waals surface area contributed by atoms with Gasteiger partial charge in [0, 0.05) is 24.5 Å². The highest BCUT2D eigenvalue weighted by Gasteiger charge is 2.32. The summed E-state index contributed by atoms with van der Waals surface area (Å²) < 4.78 is 26.5. The zero-order valence-corrected chi connectivity index (χ0v) is 14.2. The van der Waals surface area contributed by atoms with Gasteiger partial charge in [-0.15, -0.1) is 0 Å². The number of hydrogen-bond donors (Lipinski definition) is 1. The Kier molecular flexibility index (Phi) is 4.92. The van der Waals surface area contributed by atoms with Gasteiger partial charge in [-0.3, -0.25) is 4.79 Å². The molecule has 0 saturated carbocycles. The summed E-state index contributed by atoms with van der Waals surface area (Å²) in [4.78, 5) is 12.5. The van der Waals surface area contributed by atoms with E-state index < -0.39 is 10.0 Å². The van der Waals surface area contributed by atoms with Crippen LogP contribution in [0.25, 0.3) is 0 Å².